The maximum Gasteiger partial charge on any atom is 0.288 e. The summed E-state index contributed by atoms with van der Waals surface area (Å²) in [6.07, 6.45) is -0.0292. The Labute approximate surface area is 197 Å². The van der Waals surface area contributed by atoms with E-state index in [1.54, 1.807) is 48.5 Å². The first kappa shape index (κ1) is 24.5. The number of hydrogen-bond donors (Lipinski definition) is 1. The molecule has 2 aromatic carbocycles. The summed E-state index contributed by atoms with van der Waals surface area (Å²) in [5.41, 5.74) is 1.11. The molecule has 1 aliphatic heterocycles. The van der Waals surface area contributed by atoms with Crippen LogP contribution < -0.4 is 5.32 Å². The fourth-order valence-electron chi connectivity index (χ4n) is 2.84. The molecule has 6 nitrogen and oxygen atoms in total. The molecule has 0 aliphatic carbocycles. The molecule has 1 heterocycles. The normalized spacial score (nSPS) is 17.4. The lowest BCUT2D eigenvalue weighted by Crippen LogP contribution is -2.35. The maximum atomic E-state index is 12.9. The number of nitrogens with one attached hydrogen (secondary N) is 1. The summed E-state index contributed by atoms with van der Waals surface area (Å²) in [7, 11) is 1.53. The van der Waals surface area contributed by atoms with Crippen molar-refractivity contribution in [3.63, 3.8) is 0 Å². The molecule has 0 spiro atoms. The third-order valence-electron chi connectivity index (χ3n) is 4.32. The molecular weight excluding hydrogens is 480 g/mol. The number of rotatable bonds is 9. The fourth-order valence-corrected chi connectivity index (χ4v) is 4.65. The quantitative estimate of drug-likeness (QED) is 0.476. The molecule has 1 fully saturated rings. The van der Waals surface area contributed by atoms with Gasteiger partial charge >= 0.3 is 0 Å². The maximum absolute atomic E-state index is 12.9. The predicted molar refractivity (Wildman–Crippen MR) is 125 cm³/mol. The van der Waals surface area contributed by atoms with Gasteiger partial charge in [-0.25, -0.2) is 4.99 Å². The van der Waals surface area contributed by atoms with Gasteiger partial charge in [-0.15, -0.1) is 0 Å². The molecule has 1 unspecified atom stereocenters. The molecule has 170 valence electrons. The summed E-state index contributed by atoms with van der Waals surface area (Å²) >= 11 is 7.49. The number of ether oxygens (including phenoxy) is 1. The summed E-state index contributed by atoms with van der Waals surface area (Å²) in [6, 6.07) is 13.0. The van der Waals surface area contributed by atoms with Crippen molar-refractivity contribution >= 4 is 63.5 Å². The predicted octanol–water partition coefficient (Wildman–Crippen LogP) is 5.26. The molecule has 2 amide bonds. The molecule has 11 heteroatoms. The molecule has 1 aliphatic rings. The monoisotopic (exact) mass is 499 g/mol. The Kier molecular flexibility index (Phi) is 8.92. The van der Waals surface area contributed by atoms with Gasteiger partial charge in [0.05, 0.1) is 18.8 Å². The Morgan fingerprint density at radius 1 is 1.25 bits per heavy atom. The molecule has 2 aromatic rings. The highest BCUT2D eigenvalue weighted by Crippen LogP contribution is 2.33. The molecule has 0 bridgehead atoms. The van der Waals surface area contributed by atoms with Crippen LogP contribution in [0.1, 0.15) is 6.42 Å². The number of methoxy groups -OCH3 is 1. The van der Waals surface area contributed by atoms with Gasteiger partial charge in [-0.3, -0.25) is 14.5 Å². The average Bonchev–Trinajstić information content (AvgIpc) is 3.03. The van der Waals surface area contributed by atoms with E-state index >= 15 is 0 Å². The van der Waals surface area contributed by atoms with E-state index in [1.165, 1.54) is 23.8 Å². The number of carbonyl (C=O) groups excluding carboxylic acids is 2. The van der Waals surface area contributed by atoms with Crippen LogP contribution in [0.15, 0.2) is 58.4 Å². The fraction of sp³-hybridized carbons (Fsp3) is 0.286. The van der Waals surface area contributed by atoms with Crippen molar-refractivity contribution in [1.82, 2.24) is 4.90 Å². The topological polar surface area (TPSA) is 71.0 Å². The lowest BCUT2D eigenvalue weighted by molar-refractivity contribution is -0.128. The number of alkyl halides is 2. The smallest absolute Gasteiger partial charge is 0.288 e. The van der Waals surface area contributed by atoms with E-state index in [1.807, 2.05) is 0 Å². The van der Waals surface area contributed by atoms with E-state index in [9.17, 15) is 18.4 Å². The van der Waals surface area contributed by atoms with Crippen LogP contribution in [0.4, 0.5) is 20.2 Å². The molecule has 1 saturated heterocycles. The van der Waals surface area contributed by atoms with Gasteiger partial charge in [-0.05, 0) is 48.5 Å². The first-order valence-corrected chi connectivity index (χ1v) is 11.7. The minimum Gasteiger partial charge on any atom is -0.383 e. The van der Waals surface area contributed by atoms with E-state index in [0.717, 1.165) is 0 Å². The van der Waals surface area contributed by atoms with Crippen molar-refractivity contribution in [3.05, 3.63) is 53.6 Å². The number of aliphatic imine (C=N–C) groups is 1. The second-order valence-electron chi connectivity index (χ2n) is 6.62. The standard InChI is InChI=1S/C21H20ClF2N3O3S2/c1-30-11-10-27-19(29)17(12-18(28)25-14-4-2-13(22)3-5-14)32-21(27)26-15-6-8-16(9-7-15)31-20(23)24/h2-9,17,20H,10-12H2,1H3,(H,25,28). The second-order valence-corrected chi connectivity index (χ2v) is 9.28. The minimum absolute atomic E-state index is 0.0292. The molecule has 1 atom stereocenters. The van der Waals surface area contributed by atoms with Crippen LogP contribution in [-0.4, -0.2) is 53.2 Å². The second kappa shape index (κ2) is 11.6. The van der Waals surface area contributed by atoms with Crippen LogP contribution >= 0.6 is 35.1 Å². The highest BCUT2D eigenvalue weighted by atomic mass is 35.5. The zero-order valence-corrected chi connectivity index (χ0v) is 19.4. The third-order valence-corrected chi connectivity index (χ3v) is 6.47. The number of halogens is 3. The van der Waals surface area contributed by atoms with Gasteiger partial charge in [-0.1, -0.05) is 35.1 Å². The number of benzene rings is 2. The van der Waals surface area contributed by atoms with Gasteiger partial charge in [0.15, 0.2) is 5.17 Å². The van der Waals surface area contributed by atoms with Crippen molar-refractivity contribution in [3.8, 4) is 0 Å². The van der Waals surface area contributed by atoms with Gasteiger partial charge in [0.25, 0.3) is 5.76 Å². The van der Waals surface area contributed by atoms with E-state index in [4.69, 9.17) is 16.3 Å². The highest BCUT2D eigenvalue weighted by molar-refractivity contribution is 8.15. The highest BCUT2D eigenvalue weighted by Gasteiger charge is 2.39. The largest absolute Gasteiger partial charge is 0.383 e. The first-order chi connectivity index (χ1) is 15.4. The first-order valence-electron chi connectivity index (χ1n) is 9.51. The van der Waals surface area contributed by atoms with Gasteiger partial charge < -0.3 is 10.1 Å². The summed E-state index contributed by atoms with van der Waals surface area (Å²) in [5.74, 6) is -3.04. The van der Waals surface area contributed by atoms with Gasteiger partial charge in [0, 0.05) is 29.1 Å². The Balaban J connectivity index is 1.71. The van der Waals surface area contributed by atoms with Crippen molar-refractivity contribution in [2.45, 2.75) is 22.3 Å². The van der Waals surface area contributed by atoms with E-state index in [0.29, 0.717) is 44.8 Å². The number of anilines is 1. The number of carbonyl (C=O) groups is 2. The van der Waals surface area contributed by atoms with Crippen LogP contribution in [0.2, 0.25) is 5.02 Å². The van der Waals surface area contributed by atoms with Crippen molar-refractivity contribution < 1.29 is 23.1 Å². The molecule has 32 heavy (non-hydrogen) atoms. The molecule has 3 rings (SSSR count). The van der Waals surface area contributed by atoms with Crippen LogP contribution in [0, 0.1) is 0 Å². The van der Waals surface area contributed by atoms with Crippen molar-refractivity contribution in [2.24, 2.45) is 4.99 Å². The average molecular weight is 500 g/mol. The Morgan fingerprint density at radius 2 is 1.94 bits per heavy atom. The molecule has 0 radical (unpaired) electrons. The van der Waals surface area contributed by atoms with Crippen molar-refractivity contribution in [1.29, 1.82) is 0 Å². The third kappa shape index (κ3) is 6.93. The zero-order chi connectivity index (χ0) is 23.1. The minimum atomic E-state index is -2.50. The van der Waals surface area contributed by atoms with Gasteiger partial charge in [0.2, 0.25) is 11.8 Å². The number of amides is 2. The number of hydrogen-bond acceptors (Lipinski definition) is 6. The van der Waals surface area contributed by atoms with Crippen LogP contribution in [0.3, 0.4) is 0 Å². The molecule has 1 N–H and O–H groups in total. The van der Waals surface area contributed by atoms with Crippen molar-refractivity contribution in [2.75, 3.05) is 25.6 Å². The summed E-state index contributed by atoms with van der Waals surface area (Å²) in [4.78, 5) is 31.8. The lowest BCUT2D eigenvalue weighted by Gasteiger charge is -2.15. The zero-order valence-electron chi connectivity index (χ0n) is 17.0. The summed E-state index contributed by atoms with van der Waals surface area (Å²) in [6.45, 7) is 0.592. The van der Waals surface area contributed by atoms with Gasteiger partial charge in [-0.2, -0.15) is 8.78 Å². The number of nitrogens with zero attached hydrogens (tertiary/aromatic N) is 2. The Morgan fingerprint density at radius 3 is 2.56 bits per heavy atom. The summed E-state index contributed by atoms with van der Waals surface area (Å²) in [5, 5.41) is 3.11. The van der Waals surface area contributed by atoms with Gasteiger partial charge in [0.1, 0.15) is 5.25 Å². The number of amidine groups is 1. The van der Waals surface area contributed by atoms with E-state index < -0.39 is 11.0 Å². The Hall–Kier alpha value is -2.14. The molecule has 0 saturated carbocycles. The van der Waals surface area contributed by atoms with E-state index in [-0.39, 0.29) is 24.8 Å². The molecular formula is C21H20ClF2N3O3S2. The van der Waals surface area contributed by atoms with Crippen LogP contribution in [0.25, 0.3) is 0 Å². The SMILES string of the molecule is COCCN1C(=O)C(CC(=O)Nc2ccc(Cl)cc2)SC1=Nc1ccc(SC(F)F)cc1. The molecule has 0 aromatic heterocycles. The van der Waals surface area contributed by atoms with Crippen LogP contribution in [-0.2, 0) is 14.3 Å². The number of thioether (sulfide) groups is 2. The lowest BCUT2D eigenvalue weighted by atomic mass is 10.2. The van der Waals surface area contributed by atoms with E-state index in [2.05, 4.69) is 10.3 Å². The summed E-state index contributed by atoms with van der Waals surface area (Å²) < 4.78 is 30.1. The Bertz CT molecular complexity index is 975. The van der Waals surface area contributed by atoms with Crippen LogP contribution in [0.5, 0.6) is 0 Å².